The lowest BCUT2D eigenvalue weighted by Gasteiger charge is -2.31. The molecule has 0 heterocycles. The maximum absolute atomic E-state index is 5.20. The second kappa shape index (κ2) is 12.2. The van der Waals surface area contributed by atoms with Crippen molar-refractivity contribution in [2.75, 3.05) is 19.8 Å². The van der Waals surface area contributed by atoms with E-state index in [0.29, 0.717) is 15.3 Å². The topological polar surface area (TPSA) is 6.48 Å². The lowest BCUT2D eigenvalue weighted by Crippen LogP contribution is -2.41. The molecule has 0 aromatic heterocycles. The zero-order valence-electron chi connectivity index (χ0n) is 12.0. The Morgan fingerprint density at radius 1 is 0.789 bits per heavy atom. The molecule has 0 aromatic rings. The molecular formula is C13H26N2S4. The van der Waals surface area contributed by atoms with Crippen LogP contribution >= 0.6 is 49.7 Å². The highest BCUT2D eigenvalue weighted by atomic mass is 32.1. The molecule has 0 aromatic carbocycles. The fourth-order valence-electron chi connectivity index (χ4n) is 1.77. The molecule has 0 saturated carbocycles. The molecule has 0 unspecified atom stereocenters. The summed E-state index contributed by atoms with van der Waals surface area (Å²) >= 11 is 19.0. The smallest absolute Gasteiger partial charge is 0.134 e. The SMILES string of the molecule is CCCCCN(CN(CCCCC)C(=S)S)C(=S)S. The summed E-state index contributed by atoms with van der Waals surface area (Å²) < 4.78 is 1.28. The van der Waals surface area contributed by atoms with E-state index >= 15 is 0 Å². The minimum absolute atomic E-state index is 0.640. The molecular weight excluding hydrogens is 312 g/mol. The summed E-state index contributed by atoms with van der Waals surface area (Å²) in [4.78, 5) is 4.20. The number of hydrogen-bond donors (Lipinski definition) is 2. The van der Waals surface area contributed by atoms with Gasteiger partial charge in [0.25, 0.3) is 0 Å². The van der Waals surface area contributed by atoms with E-state index in [2.05, 4.69) is 48.9 Å². The summed E-state index contributed by atoms with van der Waals surface area (Å²) in [6, 6.07) is 0. The average molecular weight is 339 g/mol. The Labute approximate surface area is 140 Å². The van der Waals surface area contributed by atoms with Crippen molar-refractivity contribution < 1.29 is 0 Å². The fourth-order valence-corrected chi connectivity index (χ4v) is 2.39. The van der Waals surface area contributed by atoms with Crippen molar-refractivity contribution in [1.82, 2.24) is 9.80 Å². The van der Waals surface area contributed by atoms with Gasteiger partial charge in [-0.25, -0.2) is 0 Å². The van der Waals surface area contributed by atoms with Crippen LogP contribution in [-0.2, 0) is 0 Å². The second-order valence-electron chi connectivity index (χ2n) is 4.65. The Kier molecular flexibility index (Phi) is 12.5. The van der Waals surface area contributed by atoms with Crippen LogP contribution in [0.2, 0.25) is 0 Å². The maximum atomic E-state index is 5.20. The van der Waals surface area contributed by atoms with E-state index in [4.69, 9.17) is 24.4 Å². The Morgan fingerprint density at radius 2 is 1.16 bits per heavy atom. The molecule has 0 aliphatic heterocycles. The number of rotatable bonds is 10. The first-order valence-corrected chi connectivity index (χ1v) is 8.69. The lowest BCUT2D eigenvalue weighted by atomic mass is 10.2. The van der Waals surface area contributed by atoms with Crippen LogP contribution in [0.5, 0.6) is 0 Å². The van der Waals surface area contributed by atoms with E-state index in [9.17, 15) is 0 Å². The molecule has 112 valence electrons. The molecule has 0 atom stereocenters. The van der Waals surface area contributed by atoms with Crippen LogP contribution in [0.15, 0.2) is 0 Å². The van der Waals surface area contributed by atoms with Crippen molar-refractivity contribution in [3.63, 3.8) is 0 Å². The summed E-state index contributed by atoms with van der Waals surface area (Å²) in [6.07, 6.45) is 7.12. The molecule has 0 radical (unpaired) electrons. The van der Waals surface area contributed by atoms with Crippen LogP contribution in [0, 0.1) is 0 Å². The van der Waals surface area contributed by atoms with Gasteiger partial charge < -0.3 is 9.80 Å². The molecule has 0 aliphatic rings. The summed E-state index contributed by atoms with van der Waals surface area (Å²) in [5.41, 5.74) is 0. The first kappa shape index (κ1) is 19.5. The first-order chi connectivity index (χ1) is 9.02. The van der Waals surface area contributed by atoms with Crippen LogP contribution in [-0.4, -0.2) is 38.2 Å². The van der Waals surface area contributed by atoms with E-state index in [1.807, 2.05) is 0 Å². The van der Waals surface area contributed by atoms with Crippen LogP contribution in [0.3, 0.4) is 0 Å². The minimum Gasteiger partial charge on any atom is -0.340 e. The Hall–Kier alpha value is 0.480. The molecule has 0 spiro atoms. The second-order valence-corrected chi connectivity index (χ2v) is 6.87. The molecule has 0 rings (SSSR count). The van der Waals surface area contributed by atoms with Crippen LogP contribution in [0.25, 0.3) is 0 Å². The minimum atomic E-state index is 0.640. The Morgan fingerprint density at radius 3 is 1.42 bits per heavy atom. The lowest BCUT2D eigenvalue weighted by molar-refractivity contribution is 0.276. The average Bonchev–Trinajstić information content (AvgIpc) is 2.35. The molecule has 0 bridgehead atoms. The number of hydrogen-bond acceptors (Lipinski definition) is 2. The highest BCUT2D eigenvalue weighted by molar-refractivity contribution is 8.11. The van der Waals surface area contributed by atoms with Crippen molar-refractivity contribution in [1.29, 1.82) is 0 Å². The van der Waals surface area contributed by atoms with Crippen molar-refractivity contribution in [3.8, 4) is 0 Å². The van der Waals surface area contributed by atoms with Crippen molar-refractivity contribution in [2.45, 2.75) is 52.4 Å². The molecule has 0 fully saturated rings. The van der Waals surface area contributed by atoms with Gasteiger partial charge in [-0.15, -0.1) is 25.3 Å². The zero-order valence-corrected chi connectivity index (χ0v) is 15.4. The molecule has 0 aliphatic carbocycles. The number of thiocarbonyl (C=S) groups is 2. The van der Waals surface area contributed by atoms with Gasteiger partial charge >= 0.3 is 0 Å². The van der Waals surface area contributed by atoms with Gasteiger partial charge in [-0.3, -0.25) is 0 Å². The zero-order chi connectivity index (χ0) is 14.7. The van der Waals surface area contributed by atoms with E-state index in [1.165, 1.54) is 25.7 Å². The van der Waals surface area contributed by atoms with Gasteiger partial charge in [0.05, 0.1) is 6.67 Å². The third-order valence-corrected chi connectivity index (χ3v) is 4.03. The van der Waals surface area contributed by atoms with Crippen molar-refractivity contribution in [2.24, 2.45) is 0 Å². The van der Waals surface area contributed by atoms with Gasteiger partial charge in [0, 0.05) is 13.1 Å². The van der Waals surface area contributed by atoms with E-state index < -0.39 is 0 Å². The first-order valence-electron chi connectivity index (χ1n) is 6.98. The monoisotopic (exact) mass is 338 g/mol. The number of thiol groups is 2. The van der Waals surface area contributed by atoms with Gasteiger partial charge in [0.1, 0.15) is 8.64 Å². The van der Waals surface area contributed by atoms with Crippen molar-refractivity contribution >= 4 is 58.3 Å². The summed E-state index contributed by atoms with van der Waals surface area (Å²) in [7, 11) is 0. The predicted molar refractivity (Wildman–Crippen MR) is 100 cm³/mol. The third kappa shape index (κ3) is 9.93. The van der Waals surface area contributed by atoms with Crippen LogP contribution in [0.1, 0.15) is 52.4 Å². The van der Waals surface area contributed by atoms with E-state index in [-0.39, 0.29) is 0 Å². The Bertz CT molecular complexity index is 245. The van der Waals surface area contributed by atoms with Gasteiger partial charge in [0.15, 0.2) is 0 Å². The maximum Gasteiger partial charge on any atom is 0.134 e. The number of nitrogens with zero attached hydrogens (tertiary/aromatic N) is 2. The predicted octanol–water partition coefficient (Wildman–Crippen LogP) is 4.36. The quantitative estimate of drug-likeness (QED) is 0.264. The van der Waals surface area contributed by atoms with Crippen LogP contribution in [0.4, 0.5) is 0 Å². The van der Waals surface area contributed by atoms with Gasteiger partial charge in [0.2, 0.25) is 0 Å². The molecule has 0 N–H and O–H groups in total. The fraction of sp³-hybridized carbons (Fsp3) is 0.846. The molecule has 19 heavy (non-hydrogen) atoms. The van der Waals surface area contributed by atoms with Gasteiger partial charge in [-0.05, 0) is 12.8 Å². The van der Waals surface area contributed by atoms with E-state index in [1.54, 1.807) is 0 Å². The Balaban J connectivity index is 4.31. The molecule has 0 saturated heterocycles. The number of unbranched alkanes of at least 4 members (excludes halogenated alkanes) is 4. The summed E-state index contributed by atoms with van der Waals surface area (Å²) in [5, 5.41) is 0. The summed E-state index contributed by atoms with van der Waals surface area (Å²) in [5.74, 6) is 0. The van der Waals surface area contributed by atoms with Crippen molar-refractivity contribution in [3.05, 3.63) is 0 Å². The standard InChI is InChI=1S/C13H26N2S4/c1-3-5-7-9-14(12(16)17)11-15(13(18)19)10-8-6-4-2/h3-11H2,1-2H3,(H,16,17)(H,18,19). The highest BCUT2D eigenvalue weighted by Gasteiger charge is 2.12. The molecule has 6 heteroatoms. The largest absolute Gasteiger partial charge is 0.340 e. The molecule has 2 nitrogen and oxygen atoms in total. The normalized spacial score (nSPS) is 10.3. The van der Waals surface area contributed by atoms with Gasteiger partial charge in [-0.1, -0.05) is 64.0 Å². The van der Waals surface area contributed by atoms with Crippen LogP contribution < -0.4 is 0 Å². The van der Waals surface area contributed by atoms with Gasteiger partial charge in [-0.2, -0.15) is 0 Å². The highest BCUT2D eigenvalue weighted by Crippen LogP contribution is 2.08. The summed E-state index contributed by atoms with van der Waals surface area (Å²) in [6.45, 7) is 6.98. The molecule has 0 amide bonds. The van der Waals surface area contributed by atoms with E-state index in [0.717, 1.165) is 25.9 Å². The third-order valence-electron chi connectivity index (χ3n) is 2.95.